The molecule has 7 nitrogen and oxygen atoms in total. The number of rotatable bonds is 4. The molecule has 3 N–H and O–H groups in total. The van der Waals surface area contributed by atoms with E-state index < -0.39 is 48.9 Å². The molecule has 1 aliphatic heterocycles. The molecule has 9 heteroatoms. The zero-order valence-electron chi connectivity index (χ0n) is 13.8. The number of para-hydroxylation sites is 1. The van der Waals surface area contributed by atoms with Gasteiger partial charge in [-0.3, -0.25) is 0 Å². The number of benzene rings is 1. The van der Waals surface area contributed by atoms with Crippen LogP contribution < -0.4 is 0 Å². The lowest BCUT2D eigenvalue weighted by Crippen LogP contribution is -2.59. The quantitative estimate of drug-likeness (QED) is 0.746. The van der Waals surface area contributed by atoms with Crippen LogP contribution in [0.2, 0.25) is 0 Å². The monoisotopic (exact) mass is 357 g/mol. The fourth-order valence-corrected chi connectivity index (χ4v) is 3.37. The van der Waals surface area contributed by atoms with E-state index in [4.69, 9.17) is 9.84 Å². The molecule has 0 amide bonds. The van der Waals surface area contributed by atoms with Crippen LogP contribution in [0.1, 0.15) is 19.9 Å². The van der Waals surface area contributed by atoms with Gasteiger partial charge in [-0.2, -0.15) is 0 Å². The molecule has 1 fully saturated rings. The van der Waals surface area contributed by atoms with Crippen molar-refractivity contribution in [2.24, 2.45) is 5.92 Å². The summed E-state index contributed by atoms with van der Waals surface area (Å²) in [7, 11) is 0. The predicted octanol–water partition coefficient (Wildman–Crippen LogP) is 0.745. The predicted molar refractivity (Wildman–Crippen MR) is 84.1 cm³/mol. The van der Waals surface area contributed by atoms with Crippen molar-refractivity contribution in [2.45, 2.75) is 50.2 Å². The number of alkyl halides is 2. The maximum absolute atomic E-state index is 14.9. The molecule has 0 bridgehead atoms. The van der Waals surface area contributed by atoms with Crippen molar-refractivity contribution in [1.82, 2.24) is 15.0 Å². The number of hydrogen-bond donors (Lipinski definition) is 3. The standard InChI is InChI=1S/C16H21F2N3O4/c1-8-12(21-10-6-4-3-5-9(10)19-20-21)15(17)16(2,18)25-14(8)13(24)11(23)7-22/h3-6,8,11-15,22-24H,7H2,1-2H3/t8-,11-,12-,13-,14-,15?,16?/m1/s1. The highest BCUT2D eigenvalue weighted by atomic mass is 19.2. The third-order valence-corrected chi connectivity index (χ3v) is 4.79. The Morgan fingerprint density at radius 1 is 1.36 bits per heavy atom. The molecule has 2 heterocycles. The smallest absolute Gasteiger partial charge is 0.240 e. The number of aliphatic hydroxyl groups excluding tert-OH is 3. The Morgan fingerprint density at radius 2 is 2.04 bits per heavy atom. The van der Waals surface area contributed by atoms with Crippen LogP contribution in [-0.2, 0) is 4.74 Å². The summed E-state index contributed by atoms with van der Waals surface area (Å²) >= 11 is 0. The SMILES string of the molecule is C[C@H]1[C@H]([C@H](O)[C@H](O)CO)OC(C)(F)C(F)[C@@H]1n1nnc2ccccc21. The van der Waals surface area contributed by atoms with Gasteiger partial charge in [0.15, 0.2) is 6.17 Å². The minimum absolute atomic E-state index is 0.524. The van der Waals surface area contributed by atoms with Gasteiger partial charge >= 0.3 is 0 Å². The molecule has 1 aliphatic rings. The van der Waals surface area contributed by atoms with Gasteiger partial charge in [0.25, 0.3) is 0 Å². The van der Waals surface area contributed by atoms with E-state index in [1.165, 1.54) is 4.68 Å². The number of aliphatic hydroxyl groups is 3. The molecule has 3 rings (SSSR count). The lowest BCUT2D eigenvalue weighted by atomic mass is 9.82. The molecule has 25 heavy (non-hydrogen) atoms. The van der Waals surface area contributed by atoms with Crippen molar-refractivity contribution in [3.63, 3.8) is 0 Å². The molecule has 1 aromatic carbocycles. The van der Waals surface area contributed by atoms with Crippen LogP contribution in [-0.4, -0.2) is 67.3 Å². The maximum atomic E-state index is 14.9. The lowest BCUT2D eigenvalue weighted by molar-refractivity contribution is -0.287. The van der Waals surface area contributed by atoms with Crippen molar-refractivity contribution in [1.29, 1.82) is 0 Å². The van der Waals surface area contributed by atoms with Gasteiger partial charge in [0, 0.05) is 5.92 Å². The molecule has 0 aliphatic carbocycles. The summed E-state index contributed by atoms with van der Waals surface area (Å²) in [6, 6.07) is 5.77. The summed E-state index contributed by atoms with van der Waals surface area (Å²) in [5.41, 5.74) is 1.05. The first kappa shape index (κ1) is 18.1. The first-order valence-electron chi connectivity index (χ1n) is 8.05. The highest BCUT2D eigenvalue weighted by Gasteiger charge is 2.55. The zero-order valence-corrected chi connectivity index (χ0v) is 13.8. The summed E-state index contributed by atoms with van der Waals surface area (Å²) in [6.07, 6.45) is -6.42. The number of halogens is 2. The molecule has 2 aromatic rings. The van der Waals surface area contributed by atoms with Crippen LogP contribution in [0.4, 0.5) is 8.78 Å². The van der Waals surface area contributed by atoms with Crippen LogP contribution in [0, 0.1) is 5.92 Å². The van der Waals surface area contributed by atoms with Gasteiger partial charge < -0.3 is 20.1 Å². The summed E-state index contributed by atoms with van der Waals surface area (Å²) in [6.45, 7) is 1.77. The second kappa shape index (κ2) is 6.56. The number of hydrogen-bond acceptors (Lipinski definition) is 6. The van der Waals surface area contributed by atoms with Crippen molar-refractivity contribution >= 4 is 11.0 Å². The average Bonchev–Trinajstić information content (AvgIpc) is 3.01. The van der Waals surface area contributed by atoms with Gasteiger partial charge in [0.2, 0.25) is 5.85 Å². The highest BCUT2D eigenvalue weighted by Crippen LogP contribution is 2.44. The number of ether oxygens (including phenoxy) is 1. The largest absolute Gasteiger partial charge is 0.394 e. The van der Waals surface area contributed by atoms with E-state index in [0.717, 1.165) is 6.92 Å². The number of aromatic nitrogens is 3. The first-order valence-corrected chi connectivity index (χ1v) is 8.05. The minimum Gasteiger partial charge on any atom is -0.394 e. The molecule has 138 valence electrons. The van der Waals surface area contributed by atoms with E-state index in [-0.39, 0.29) is 0 Å². The minimum atomic E-state index is -2.70. The lowest BCUT2D eigenvalue weighted by Gasteiger charge is -2.46. The van der Waals surface area contributed by atoms with Crippen LogP contribution in [0.15, 0.2) is 24.3 Å². The molecule has 2 unspecified atom stereocenters. The summed E-state index contributed by atoms with van der Waals surface area (Å²) in [4.78, 5) is 0. The van der Waals surface area contributed by atoms with Gasteiger partial charge in [-0.1, -0.05) is 24.3 Å². The molecule has 0 radical (unpaired) electrons. The van der Waals surface area contributed by atoms with Crippen LogP contribution in [0.3, 0.4) is 0 Å². The Labute approximate surface area is 142 Å². The van der Waals surface area contributed by atoms with E-state index in [0.29, 0.717) is 11.0 Å². The fraction of sp³-hybridized carbons (Fsp3) is 0.625. The Hall–Kier alpha value is -1.68. The van der Waals surface area contributed by atoms with E-state index in [2.05, 4.69) is 10.3 Å². The molecule has 0 spiro atoms. The normalized spacial score (nSPS) is 35.6. The summed E-state index contributed by atoms with van der Waals surface area (Å²) < 4.78 is 36.0. The third kappa shape index (κ3) is 3.01. The molecule has 1 aromatic heterocycles. The Morgan fingerprint density at radius 3 is 2.72 bits per heavy atom. The zero-order chi connectivity index (χ0) is 18.4. The van der Waals surface area contributed by atoms with Crippen molar-refractivity contribution < 1.29 is 28.8 Å². The van der Waals surface area contributed by atoms with Gasteiger partial charge in [-0.15, -0.1) is 5.10 Å². The second-order valence-electron chi connectivity index (χ2n) is 6.58. The summed E-state index contributed by atoms with van der Waals surface area (Å²) in [5.74, 6) is -3.45. The molecular weight excluding hydrogens is 336 g/mol. The topological polar surface area (TPSA) is 101 Å². The third-order valence-electron chi connectivity index (χ3n) is 4.79. The van der Waals surface area contributed by atoms with E-state index in [1.807, 2.05) is 0 Å². The van der Waals surface area contributed by atoms with Crippen molar-refractivity contribution in [3.05, 3.63) is 24.3 Å². The number of fused-ring (bicyclic) bond motifs is 1. The van der Waals surface area contributed by atoms with Gasteiger partial charge in [0.1, 0.15) is 17.7 Å². The Kier molecular flexibility index (Phi) is 4.76. The second-order valence-corrected chi connectivity index (χ2v) is 6.58. The Balaban J connectivity index is 2.04. The van der Waals surface area contributed by atoms with E-state index in [9.17, 15) is 19.0 Å². The van der Waals surface area contributed by atoms with Crippen molar-refractivity contribution in [2.75, 3.05) is 6.61 Å². The van der Waals surface area contributed by atoms with E-state index in [1.54, 1.807) is 31.2 Å². The van der Waals surface area contributed by atoms with Crippen LogP contribution in [0.5, 0.6) is 0 Å². The first-order chi connectivity index (χ1) is 11.8. The van der Waals surface area contributed by atoms with Crippen LogP contribution >= 0.6 is 0 Å². The van der Waals surface area contributed by atoms with Crippen molar-refractivity contribution in [3.8, 4) is 0 Å². The molecule has 0 saturated carbocycles. The maximum Gasteiger partial charge on any atom is 0.240 e. The van der Waals surface area contributed by atoms with Gasteiger partial charge in [-0.25, -0.2) is 13.5 Å². The summed E-state index contributed by atoms with van der Waals surface area (Å²) in [5, 5.41) is 36.8. The van der Waals surface area contributed by atoms with E-state index >= 15 is 0 Å². The Bertz CT molecular complexity index is 741. The highest BCUT2D eigenvalue weighted by molar-refractivity contribution is 5.74. The van der Waals surface area contributed by atoms with Crippen LogP contribution in [0.25, 0.3) is 11.0 Å². The van der Waals surface area contributed by atoms with Gasteiger partial charge in [0.05, 0.1) is 24.3 Å². The van der Waals surface area contributed by atoms with Gasteiger partial charge in [-0.05, 0) is 19.1 Å². The average molecular weight is 357 g/mol. The number of nitrogens with zero attached hydrogens (tertiary/aromatic N) is 3. The molecule has 1 saturated heterocycles. The molecular formula is C16H21F2N3O4. The molecule has 7 atom stereocenters. The fourth-order valence-electron chi connectivity index (χ4n) is 3.37.